The van der Waals surface area contributed by atoms with E-state index in [9.17, 15) is 0 Å². The fraction of sp³-hybridized carbons (Fsp3) is 0.769. The molecule has 1 aromatic rings. The smallest absolute Gasteiger partial charge is 0.0756 e. The Morgan fingerprint density at radius 3 is 2.82 bits per heavy atom. The topological polar surface area (TPSA) is 39.1 Å². The van der Waals surface area contributed by atoms with Gasteiger partial charge in [-0.25, -0.2) is 0 Å². The second-order valence-electron chi connectivity index (χ2n) is 4.91. The van der Waals surface area contributed by atoms with Gasteiger partial charge >= 0.3 is 0 Å². The summed E-state index contributed by atoms with van der Waals surface area (Å²) >= 11 is 0. The highest BCUT2D eigenvalue weighted by Gasteiger charge is 2.23. The van der Waals surface area contributed by atoms with Crippen LogP contribution in [0.25, 0.3) is 0 Å². The van der Waals surface area contributed by atoms with Crippen LogP contribution in [-0.4, -0.2) is 30.0 Å². The van der Waals surface area contributed by atoms with Gasteiger partial charge in [0.15, 0.2) is 0 Å². The first-order chi connectivity index (χ1) is 8.15. The Labute approximate surface area is 103 Å². The van der Waals surface area contributed by atoms with E-state index in [0.717, 1.165) is 25.3 Å². The summed E-state index contributed by atoms with van der Waals surface area (Å²) in [5.74, 6) is 0. The van der Waals surface area contributed by atoms with Gasteiger partial charge in [0.2, 0.25) is 0 Å². The van der Waals surface area contributed by atoms with Crippen molar-refractivity contribution in [1.82, 2.24) is 15.1 Å². The summed E-state index contributed by atoms with van der Waals surface area (Å²) in [6.45, 7) is 8.14. The molecule has 1 aliphatic heterocycles. The Kier molecular flexibility index (Phi) is 3.84. The molecule has 17 heavy (non-hydrogen) atoms. The Bertz CT molecular complexity index is 380. The molecule has 0 bridgehead atoms. The molecular weight excluding hydrogens is 214 g/mol. The molecule has 96 valence electrons. The number of nitrogens with zero attached hydrogens (tertiary/aromatic N) is 2. The van der Waals surface area contributed by atoms with E-state index in [1.165, 1.54) is 17.7 Å². The summed E-state index contributed by atoms with van der Waals surface area (Å²) in [5, 5.41) is 7.99. The largest absolute Gasteiger partial charge is 0.379 e. The maximum Gasteiger partial charge on any atom is 0.0756 e. The van der Waals surface area contributed by atoms with Gasteiger partial charge in [-0.15, -0.1) is 0 Å². The standard InChI is InChI=1S/C13H23N3O/c1-9(14-4)13-10(2)15-16(11(13)3)12-6-5-7-17-8-12/h9,12,14H,5-8H2,1-4H3. The molecular formula is C13H23N3O. The van der Waals surface area contributed by atoms with Crippen molar-refractivity contribution in [2.45, 2.75) is 45.7 Å². The van der Waals surface area contributed by atoms with E-state index >= 15 is 0 Å². The highest BCUT2D eigenvalue weighted by molar-refractivity contribution is 5.28. The summed E-state index contributed by atoms with van der Waals surface area (Å²) in [6, 6.07) is 0.772. The van der Waals surface area contributed by atoms with Crippen LogP contribution < -0.4 is 5.32 Å². The fourth-order valence-corrected chi connectivity index (χ4v) is 2.72. The van der Waals surface area contributed by atoms with Crippen molar-refractivity contribution in [3.8, 4) is 0 Å². The molecule has 0 aromatic carbocycles. The van der Waals surface area contributed by atoms with Crippen LogP contribution in [0, 0.1) is 13.8 Å². The second kappa shape index (κ2) is 5.19. The van der Waals surface area contributed by atoms with Gasteiger partial charge in [-0.3, -0.25) is 4.68 Å². The van der Waals surface area contributed by atoms with Crippen molar-refractivity contribution < 1.29 is 4.74 Å². The molecule has 4 nitrogen and oxygen atoms in total. The van der Waals surface area contributed by atoms with E-state index in [2.05, 4.69) is 30.8 Å². The van der Waals surface area contributed by atoms with E-state index in [4.69, 9.17) is 9.84 Å². The highest BCUT2D eigenvalue weighted by atomic mass is 16.5. The Morgan fingerprint density at radius 1 is 1.47 bits per heavy atom. The quantitative estimate of drug-likeness (QED) is 0.875. The van der Waals surface area contributed by atoms with E-state index in [-0.39, 0.29) is 0 Å². The zero-order chi connectivity index (χ0) is 12.4. The molecule has 0 radical (unpaired) electrons. The number of hydrogen-bond donors (Lipinski definition) is 1. The molecule has 1 N–H and O–H groups in total. The molecule has 4 heteroatoms. The maximum atomic E-state index is 5.55. The number of hydrogen-bond acceptors (Lipinski definition) is 3. The molecule has 2 unspecified atom stereocenters. The van der Waals surface area contributed by atoms with E-state index < -0.39 is 0 Å². The predicted molar refractivity (Wildman–Crippen MR) is 68.3 cm³/mol. The monoisotopic (exact) mass is 237 g/mol. The van der Waals surface area contributed by atoms with Gasteiger partial charge < -0.3 is 10.1 Å². The summed E-state index contributed by atoms with van der Waals surface area (Å²) < 4.78 is 7.72. The number of aromatic nitrogens is 2. The first kappa shape index (κ1) is 12.6. The van der Waals surface area contributed by atoms with Gasteiger partial charge in [0.25, 0.3) is 0 Å². The first-order valence-corrected chi connectivity index (χ1v) is 6.45. The minimum Gasteiger partial charge on any atom is -0.379 e. The molecule has 0 spiro atoms. The minimum absolute atomic E-state index is 0.355. The van der Waals surface area contributed by atoms with Crippen LogP contribution >= 0.6 is 0 Å². The fourth-order valence-electron chi connectivity index (χ4n) is 2.72. The SMILES string of the molecule is CNC(C)c1c(C)nn(C2CCCOC2)c1C. The minimum atomic E-state index is 0.355. The Balaban J connectivity index is 2.29. The Hall–Kier alpha value is -0.870. The second-order valence-corrected chi connectivity index (χ2v) is 4.91. The lowest BCUT2D eigenvalue weighted by Crippen LogP contribution is -2.23. The van der Waals surface area contributed by atoms with Crippen LogP contribution in [0.4, 0.5) is 0 Å². The first-order valence-electron chi connectivity index (χ1n) is 6.45. The zero-order valence-corrected chi connectivity index (χ0v) is 11.3. The molecule has 2 rings (SSSR count). The molecule has 1 aromatic heterocycles. The van der Waals surface area contributed by atoms with E-state index in [0.29, 0.717) is 12.1 Å². The van der Waals surface area contributed by atoms with Crippen LogP contribution in [0.15, 0.2) is 0 Å². The van der Waals surface area contributed by atoms with E-state index in [1.807, 2.05) is 7.05 Å². The average molecular weight is 237 g/mol. The summed E-state index contributed by atoms with van der Waals surface area (Å²) in [4.78, 5) is 0. The van der Waals surface area contributed by atoms with Crippen molar-refractivity contribution in [3.63, 3.8) is 0 Å². The summed E-state index contributed by atoms with van der Waals surface area (Å²) in [7, 11) is 1.99. The van der Waals surface area contributed by atoms with Gasteiger partial charge in [0, 0.05) is 23.9 Å². The number of aryl methyl sites for hydroxylation is 1. The molecule has 1 saturated heterocycles. The third-order valence-electron chi connectivity index (χ3n) is 3.73. The maximum absolute atomic E-state index is 5.55. The summed E-state index contributed by atoms with van der Waals surface area (Å²) in [5.41, 5.74) is 3.74. The molecule has 2 heterocycles. The molecule has 2 atom stereocenters. The van der Waals surface area contributed by atoms with Crippen molar-refractivity contribution in [3.05, 3.63) is 17.0 Å². The van der Waals surface area contributed by atoms with Crippen molar-refractivity contribution in [2.75, 3.05) is 20.3 Å². The van der Waals surface area contributed by atoms with Crippen LogP contribution in [0.5, 0.6) is 0 Å². The van der Waals surface area contributed by atoms with Crippen molar-refractivity contribution >= 4 is 0 Å². The van der Waals surface area contributed by atoms with Gasteiger partial charge in [0.1, 0.15) is 0 Å². The van der Waals surface area contributed by atoms with Crippen molar-refractivity contribution in [2.24, 2.45) is 0 Å². The number of ether oxygens (including phenoxy) is 1. The summed E-state index contributed by atoms with van der Waals surface area (Å²) in [6.07, 6.45) is 2.31. The highest BCUT2D eigenvalue weighted by Crippen LogP contribution is 2.26. The molecule has 0 amide bonds. The van der Waals surface area contributed by atoms with E-state index in [1.54, 1.807) is 0 Å². The third kappa shape index (κ3) is 2.38. The normalized spacial score (nSPS) is 22.7. The lowest BCUT2D eigenvalue weighted by atomic mass is 10.1. The third-order valence-corrected chi connectivity index (χ3v) is 3.73. The van der Waals surface area contributed by atoms with Gasteiger partial charge in [0.05, 0.1) is 18.3 Å². The predicted octanol–water partition coefficient (Wildman–Crippen LogP) is 2.13. The van der Waals surface area contributed by atoms with Crippen LogP contribution in [-0.2, 0) is 4.74 Å². The molecule has 1 fully saturated rings. The van der Waals surface area contributed by atoms with Crippen LogP contribution in [0.2, 0.25) is 0 Å². The van der Waals surface area contributed by atoms with Crippen molar-refractivity contribution in [1.29, 1.82) is 0 Å². The molecule has 1 aliphatic rings. The van der Waals surface area contributed by atoms with Gasteiger partial charge in [-0.05, 0) is 40.7 Å². The van der Waals surface area contributed by atoms with Gasteiger partial charge in [-0.2, -0.15) is 5.10 Å². The lowest BCUT2D eigenvalue weighted by Gasteiger charge is -2.24. The molecule has 0 aliphatic carbocycles. The van der Waals surface area contributed by atoms with Crippen LogP contribution in [0.1, 0.15) is 48.8 Å². The number of nitrogens with one attached hydrogen (secondary N) is 1. The Morgan fingerprint density at radius 2 is 2.24 bits per heavy atom. The zero-order valence-electron chi connectivity index (χ0n) is 11.3. The number of rotatable bonds is 3. The molecule has 0 saturated carbocycles. The lowest BCUT2D eigenvalue weighted by molar-refractivity contribution is 0.0541. The van der Waals surface area contributed by atoms with Gasteiger partial charge in [-0.1, -0.05) is 0 Å². The van der Waals surface area contributed by atoms with Crippen LogP contribution in [0.3, 0.4) is 0 Å². The average Bonchev–Trinajstić information content (AvgIpc) is 2.65.